The van der Waals surface area contributed by atoms with Crippen LogP contribution in [0.2, 0.25) is 0 Å². The summed E-state index contributed by atoms with van der Waals surface area (Å²) in [4.78, 5) is 2.03. The molecule has 0 aromatic rings. The predicted molar refractivity (Wildman–Crippen MR) is 44.5 cm³/mol. The number of alkyl halides is 2. The molecule has 1 heterocycles. The lowest BCUT2D eigenvalue weighted by molar-refractivity contribution is -0.0539. The van der Waals surface area contributed by atoms with Crippen molar-refractivity contribution in [2.45, 2.75) is 18.8 Å². The summed E-state index contributed by atoms with van der Waals surface area (Å²) in [7, 11) is 0. The second kappa shape index (κ2) is 3.72. The van der Waals surface area contributed by atoms with Gasteiger partial charge in [-0.2, -0.15) is 12.6 Å². The first-order valence-electron chi connectivity index (χ1n) is 3.85. The molecular weight excluding hydrogens is 168 g/mol. The van der Waals surface area contributed by atoms with E-state index in [1.165, 1.54) is 0 Å². The molecule has 1 fully saturated rings. The largest absolute Gasteiger partial charge is 0.302 e. The van der Waals surface area contributed by atoms with Crippen molar-refractivity contribution in [3.05, 3.63) is 0 Å². The molecule has 0 radical (unpaired) electrons. The van der Waals surface area contributed by atoms with E-state index in [1.54, 1.807) is 0 Å². The average molecular weight is 181 g/mol. The Labute approximate surface area is 71.2 Å². The van der Waals surface area contributed by atoms with Crippen molar-refractivity contribution in [2.75, 3.05) is 25.4 Å². The molecule has 4 heteroatoms. The van der Waals surface area contributed by atoms with Gasteiger partial charge in [-0.1, -0.05) is 0 Å². The number of nitrogens with zero attached hydrogens (tertiary/aromatic N) is 1. The monoisotopic (exact) mass is 181 g/mol. The number of likely N-dealkylation sites (tertiary alicyclic amines) is 1. The van der Waals surface area contributed by atoms with Gasteiger partial charge in [0.2, 0.25) is 0 Å². The molecule has 0 spiro atoms. The molecule has 0 unspecified atom stereocenters. The molecule has 0 atom stereocenters. The summed E-state index contributed by atoms with van der Waals surface area (Å²) in [5, 5.41) is 0. The van der Waals surface area contributed by atoms with Crippen LogP contribution in [0.15, 0.2) is 0 Å². The molecule has 0 aromatic heterocycles. The van der Waals surface area contributed by atoms with Crippen LogP contribution in [0, 0.1) is 0 Å². The van der Waals surface area contributed by atoms with E-state index in [-0.39, 0.29) is 12.8 Å². The predicted octanol–water partition coefficient (Wildman–Crippen LogP) is 1.65. The van der Waals surface area contributed by atoms with Crippen LogP contribution in [0.4, 0.5) is 8.78 Å². The SMILES string of the molecule is FC1(F)CCN(CCS)CC1. The lowest BCUT2D eigenvalue weighted by Crippen LogP contribution is -2.40. The molecule has 11 heavy (non-hydrogen) atoms. The summed E-state index contributed by atoms with van der Waals surface area (Å²) >= 11 is 4.04. The summed E-state index contributed by atoms with van der Waals surface area (Å²) in [6, 6.07) is 0. The molecule has 0 saturated carbocycles. The lowest BCUT2D eigenvalue weighted by atomic mass is 10.1. The van der Waals surface area contributed by atoms with E-state index in [9.17, 15) is 8.78 Å². The van der Waals surface area contributed by atoms with Gasteiger partial charge in [0.25, 0.3) is 5.92 Å². The summed E-state index contributed by atoms with van der Waals surface area (Å²) in [5.74, 6) is -1.65. The Morgan fingerprint density at radius 2 is 1.82 bits per heavy atom. The van der Waals surface area contributed by atoms with Gasteiger partial charge in [0.1, 0.15) is 0 Å². The third-order valence-corrected chi connectivity index (χ3v) is 2.20. The molecular formula is C7H13F2NS. The van der Waals surface area contributed by atoms with Crippen LogP contribution >= 0.6 is 12.6 Å². The molecule has 0 aromatic carbocycles. The van der Waals surface area contributed by atoms with Crippen LogP contribution < -0.4 is 0 Å². The number of hydrogen-bond donors (Lipinski definition) is 1. The van der Waals surface area contributed by atoms with E-state index in [4.69, 9.17) is 0 Å². The molecule has 0 bridgehead atoms. The molecule has 1 saturated heterocycles. The Bertz CT molecular complexity index is 120. The molecule has 0 N–H and O–H groups in total. The van der Waals surface area contributed by atoms with Crippen molar-refractivity contribution in [2.24, 2.45) is 0 Å². The number of rotatable bonds is 2. The minimum absolute atomic E-state index is 0.0147. The Morgan fingerprint density at radius 1 is 1.27 bits per heavy atom. The summed E-state index contributed by atoms with van der Waals surface area (Å²) in [6.07, 6.45) is 0.0293. The van der Waals surface area contributed by atoms with Crippen molar-refractivity contribution in [1.82, 2.24) is 4.90 Å². The van der Waals surface area contributed by atoms with Crippen LogP contribution in [-0.4, -0.2) is 36.2 Å². The van der Waals surface area contributed by atoms with E-state index in [0.717, 1.165) is 12.3 Å². The Kier molecular flexibility index (Phi) is 3.13. The van der Waals surface area contributed by atoms with Crippen LogP contribution in [-0.2, 0) is 0 Å². The van der Waals surface area contributed by atoms with Crippen molar-refractivity contribution in [3.63, 3.8) is 0 Å². The zero-order valence-corrected chi connectivity index (χ0v) is 7.29. The summed E-state index contributed by atoms with van der Waals surface area (Å²) in [5.41, 5.74) is 0. The smallest absolute Gasteiger partial charge is 0.250 e. The Hall–Kier alpha value is 0.170. The number of thiol groups is 1. The minimum atomic E-state index is -2.41. The zero-order valence-electron chi connectivity index (χ0n) is 6.39. The highest BCUT2D eigenvalue weighted by Gasteiger charge is 2.33. The Balaban J connectivity index is 2.25. The van der Waals surface area contributed by atoms with Crippen LogP contribution in [0.25, 0.3) is 0 Å². The number of piperidine rings is 1. The fraction of sp³-hybridized carbons (Fsp3) is 1.00. The second-order valence-electron chi connectivity index (χ2n) is 2.92. The third kappa shape index (κ3) is 2.95. The maximum Gasteiger partial charge on any atom is 0.250 e. The molecule has 1 aliphatic rings. The van der Waals surface area contributed by atoms with Gasteiger partial charge in [0.15, 0.2) is 0 Å². The quantitative estimate of drug-likeness (QED) is 0.634. The van der Waals surface area contributed by atoms with Crippen LogP contribution in [0.5, 0.6) is 0 Å². The van der Waals surface area contributed by atoms with E-state index < -0.39 is 5.92 Å². The first kappa shape index (κ1) is 9.26. The topological polar surface area (TPSA) is 3.24 Å². The lowest BCUT2D eigenvalue weighted by Gasteiger charge is -2.31. The highest BCUT2D eigenvalue weighted by atomic mass is 32.1. The summed E-state index contributed by atoms with van der Waals surface area (Å²) in [6.45, 7) is 1.88. The zero-order chi connectivity index (χ0) is 8.32. The van der Waals surface area contributed by atoms with Gasteiger partial charge >= 0.3 is 0 Å². The fourth-order valence-corrected chi connectivity index (χ4v) is 1.53. The van der Waals surface area contributed by atoms with Crippen LogP contribution in [0.3, 0.4) is 0 Å². The van der Waals surface area contributed by atoms with Crippen LogP contribution in [0.1, 0.15) is 12.8 Å². The Morgan fingerprint density at radius 3 is 2.27 bits per heavy atom. The molecule has 1 rings (SSSR count). The fourth-order valence-electron chi connectivity index (χ4n) is 1.25. The van der Waals surface area contributed by atoms with E-state index in [0.29, 0.717) is 13.1 Å². The van der Waals surface area contributed by atoms with Gasteiger partial charge in [0, 0.05) is 38.2 Å². The average Bonchev–Trinajstić information content (AvgIpc) is 1.94. The third-order valence-electron chi connectivity index (χ3n) is 2.00. The highest BCUT2D eigenvalue weighted by molar-refractivity contribution is 7.80. The minimum Gasteiger partial charge on any atom is -0.302 e. The van der Waals surface area contributed by atoms with Crippen molar-refractivity contribution < 1.29 is 8.78 Å². The number of halogens is 2. The molecule has 66 valence electrons. The van der Waals surface area contributed by atoms with Crippen molar-refractivity contribution in [3.8, 4) is 0 Å². The van der Waals surface area contributed by atoms with E-state index >= 15 is 0 Å². The van der Waals surface area contributed by atoms with Gasteiger partial charge in [-0.15, -0.1) is 0 Å². The van der Waals surface area contributed by atoms with Gasteiger partial charge in [0.05, 0.1) is 0 Å². The molecule has 0 aliphatic carbocycles. The van der Waals surface area contributed by atoms with Gasteiger partial charge in [-0.25, -0.2) is 8.78 Å². The second-order valence-corrected chi connectivity index (χ2v) is 3.37. The summed E-state index contributed by atoms with van der Waals surface area (Å²) < 4.78 is 25.1. The molecule has 1 aliphatic heterocycles. The van der Waals surface area contributed by atoms with E-state index in [1.807, 2.05) is 4.90 Å². The highest BCUT2D eigenvalue weighted by Crippen LogP contribution is 2.27. The van der Waals surface area contributed by atoms with Gasteiger partial charge in [-0.05, 0) is 0 Å². The standard InChI is InChI=1S/C7H13F2NS/c8-7(9)1-3-10(4-2-7)5-6-11/h11H,1-6H2. The maximum absolute atomic E-state index is 12.6. The normalized spacial score (nSPS) is 25.4. The van der Waals surface area contributed by atoms with Gasteiger partial charge in [-0.3, -0.25) is 0 Å². The number of hydrogen-bond acceptors (Lipinski definition) is 2. The molecule has 1 nitrogen and oxygen atoms in total. The maximum atomic E-state index is 12.6. The first-order valence-corrected chi connectivity index (χ1v) is 4.48. The molecule has 0 amide bonds. The van der Waals surface area contributed by atoms with Crippen molar-refractivity contribution in [1.29, 1.82) is 0 Å². The van der Waals surface area contributed by atoms with Crippen molar-refractivity contribution >= 4 is 12.6 Å². The first-order chi connectivity index (χ1) is 5.14. The van der Waals surface area contributed by atoms with Gasteiger partial charge < -0.3 is 4.90 Å². The van der Waals surface area contributed by atoms with E-state index in [2.05, 4.69) is 12.6 Å².